The van der Waals surface area contributed by atoms with Crippen molar-refractivity contribution in [2.24, 2.45) is 11.7 Å². The van der Waals surface area contributed by atoms with Crippen LogP contribution in [0, 0.1) is 17.6 Å². The third-order valence-corrected chi connectivity index (χ3v) is 3.78. The molecule has 100 valence electrons. The molecule has 0 aromatic heterocycles. The van der Waals surface area contributed by atoms with Gasteiger partial charge in [-0.2, -0.15) is 0 Å². The molecule has 1 saturated carbocycles. The van der Waals surface area contributed by atoms with Crippen LogP contribution in [-0.2, 0) is 6.54 Å². The Kier molecular flexibility index (Phi) is 4.17. The number of halogens is 2. The molecule has 1 aromatic carbocycles. The van der Waals surface area contributed by atoms with E-state index in [0.29, 0.717) is 11.6 Å². The summed E-state index contributed by atoms with van der Waals surface area (Å²) in [5.41, 5.74) is 5.92. The Morgan fingerprint density at radius 1 is 1.22 bits per heavy atom. The van der Waals surface area contributed by atoms with Gasteiger partial charge in [0.15, 0.2) is 11.6 Å². The van der Waals surface area contributed by atoms with Crippen LogP contribution in [0.2, 0.25) is 0 Å². The Morgan fingerprint density at radius 2 is 1.89 bits per heavy atom. The van der Waals surface area contributed by atoms with E-state index in [9.17, 15) is 8.78 Å². The zero-order valence-corrected chi connectivity index (χ0v) is 10.8. The molecule has 0 saturated heterocycles. The van der Waals surface area contributed by atoms with Gasteiger partial charge in [0, 0.05) is 25.7 Å². The van der Waals surface area contributed by atoms with Crippen LogP contribution in [0.1, 0.15) is 31.2 Å². The first-order valence-corrected chi connectivity index (χ1v) is 6.51. The van der Waals surface area contributed by atoms with Gasteiger partial charge in [-0.05, 0) is 24.8 Å². The summed E-state index contributed by atoms with van der Waals surface area (Å²) < 4.78 is 27.6. The molecule has 0 bridgehead atoms. The van der Waals surface area contributed by atoms with Crippen molar-refractivity contribution in [1.82, 2.24) is 0 Å². The van der Waals surface area contributed by atoms with Gasteiger partial charge in [-0.25, -0.2) is 8.78 Å². The third-order valence-electron chi connectivity index (χ3n) is 3.78. The Balaban J connectivity index is 2.14. The summed E-state index contributed by atoms with van der Waals surface area (Å²) in [7, 11) is 1.82. The molecule has 1 aromatic rings. The van der Waals surface area contributed by atoms with Gasteiger partial charge in [0.1, 0.15) is 0 Å². The number of anilines is 1. The minimum absolute atomic E-state index is 0.0232. The summed E-state index contributed by atoms with van der Waals surface area (Å²) in [4.78, 5) is 1.81. The number of hydrogen-bond donors (Lipinski definition) is 1. The Morgan fingerprint density at radius 3 is 2.50 bits per heavy atom. The van der Waals surface area contributed by atoms with Gasteiger partial charge in [0.25, 0.3) is 0 Å². The standard InChI is InChI=1S/C14H20F2N2/c1-18(9-10-4-2-3-5-10)12-7-6-11(8-17)13(15)14(12)16/h6-7,10H,2-5,8-9,17H2,1H3. The molecule has 0 radical (unpaired) electrons. The van der Waals surface area contributed by atoms with Crippen molar-refractivity contribution in [3.63, 3.8) is 0 Å². The van der Waals surface area contributed by atoms with Crippen molar-refractivity contribution >= 4 is 5.69 Å². The van der Waals surface area contributed by atoms with Crippen LogP contribution in [0.4, 0.5) is 14.5 Å². The largest absolute Gasteiger partial charge is 0.372 e. The van der Waals surface area contributed by atoms with Crippen LogP contribution in [0.25, 0.3) is 0 Å². The molecule has 4 heteroatoms. The molecule has 0 atom stereocenters. The first kappa shape index (κ1) is 13.3. The SMILES string of the molecule is CN(CC1CCCC1)c1ccc(CN)c(F)c1F. The summed E-state index contributed by atoms with van der Waals surface area (Å²) in [6, 6.07) is 3.19. The predicted octanol–water partition coefficient (Wildman–Crippen LogP) is 3.05. The van der Waals surface area contributed by atoms with E-state index in [2.05, 4.69) is 0 Å². The quantitative estimate of drug-likeness (QED) is 0.894. The highest BCUT2D eigenvalue weighted by Crippen LogP contribution is 2.29. The van der Waals surface area contributed by atoms with Gasteiger partial charge in [-0.15, -0.1) is 0 Å². The number of hydrogen-bond acceptors (Lipinski definition) is 2. The maximum Gasteiger partial charge on any atom is 0.182 e. The van der Waals surface area contributed by atoms with Crippen LogP contribution in [-0.4, -0.2) is 13.6 Å². The molecule has 2 nitrogen and oxygen atoms in total. The molecule has 1 aliphatic carbocycles. The third kappa shape index (κ3) is 2.64. The van der Waals surface area contributed by atoms with Gasteiger partial charge in [-0.3, -0.25) is 0 Å². The lowest BCUT2D eigenvalue weighted by atomic mass is 10.1. The topological polar surface area (TPSA) is 29.3 Å². The zero-order valence-electron chi connectivity index (χ0n) is 10.8. The van der Waals surface area contributed by atoms with E-state index in [1.165, 1.54) is 25.7 Å². The van der Waals surface area contributed by atoms with E-state index in [4.69, 9.17) is 5.73 Å². The normalized spacial score (nSPS) is 16.2. The molecule has 0 heterocycles. The average Bonchev–Trinajstić information content (AvgIpc) is 2.85. The highest BCUT2D eigenvalue weighted by Gasteiger charge is 2.20. The van der Waals surface area contributed by atoms with Gasteiger partial charge >= 0.3 is 0 Å². The van der Waals surface area contributed by atoms with Gasteiger partial charge < -0.3 is 10.6 Å². The second-order valence-corrected chi connectivity index (χ2v) is 5.11. The fourth-order valence-electron chi connectivity index (χ4n) is 2.71. The smallest absolute Gasteiger partial charge is 0.182 e. The monoisotopic (exact) mass is 254 g/mol. The number of nitrogens with two attached hydrogens (primary N) is 1. The second kappa shape index (κ2) is 5.65. The molecule has 2 N–H and O–H groups in total. The fourth-order valence-corrected chi connectivity index (χ4v) is 2.71. The molecular formula is C14H20F2N2. The Bertz CT molecular complexity index is 415. The van der Waals surface area contributed by atoms with E-state index in [0.717, 1.165) is 6.54 Å². The van der Waals surface area contributed by atoms with Crippen LogP contribution < -0.4 is 10.6 Å². The highest BCUT2D eigenvalue weighted by atomic mass is 19.2. The van der Waals surface area contributed by atoms with Crippen LogP contribution in [0.3, 0.4) is 0 Å². The molecule has 0 spiro atoms. The number of nitrogens with zero attached hydrogens (tertiary/aromatic N) is 1. The summed E-state index contributed by atoms with van der Waals surface area (Å²) in [6.07, 6.45) is 4.88. The first-order chi connectivity index (χ1) is 8.63. The van der Waals surface area contributed by atoms with Gasteiger partial charge in [0.05, 0.1) is 5.69 Å². The van der Waals surface area contributed by atoms with Crippen molar-refractivity contribution in [2.45, 2.75) is 32.2 Å². The molecule has 2 rings (SSSR count). The maximum absolute atomic E-state index is 13.9. The molecule has 0 aliphatic heterocycles. The van der Waals surface area contributed by atoms with Crippen molar-refractivity contribution in [2.75, 3.05) is 18.5 Å². The summed E-state index contributed by atoms with van der Waals surface area (Å²) in [5.74, 6) is -0.988. The van der Waals surface area contributed by atoms with Gasteiger partial charge in [-0.1, -0.05) is 18.9 Å². The van der Waals surface area contributed by atoms with Crippen LogP contribution in [0.5, 0.6) is 0 Å². The predicted molar refractivity (Wildman–Crippen MR) is 69.5 cm³/mol. The lowest BCUT2D eigenvalue weighted by Gasteiger charge is -2.24. The highest BCUT2D eigenvalue weighted by molar-refractivity contribution is 5.49. The number of benzene rings is 1. The minimum Gasteiger partial charge on any atom is -0.372 e. The van der Waals surface area contributed by atoms with Crippen LogP contribution in [0.15, 0.2) is 12.1 Å². The van der Waals surface area contributed by atoms with Crippen LogP contribution >= 0.6 is 0 Å². The summed E-state index contributed by atoms with van der Waals surface area (Å²) in [6.45, 7) is 0.813. The van der Waals surface area contributed by atoms with E-state index in [-0.39, 0.29) is 12.1 Å². The zero-order chi connectivity index (χ0) is 13.1. The first-order valence-electron chi connectivity index (χ1n) is 6.51. The lowest BCUT2D eigenvalue weighted by molar-refractivity contribution is 0.491. The second-order valence-electron chi connectivity index (χ2n) is 5.11. The van der Waals surface area contributed by atoms with Gasteiger partial charge in [0.2, 0.25) is 0 Å². The van der Waals surface area contributed by atoms with E-state index in [1.54, 1.807) is 12.1 Å². The molecule has 18 heavy (non-hydrogen) atoms. The molecular weight excluding hydrogens is 234 g/mol. The Labute approximate surface area is 107 Å². The minimum atomic E-state index is -0.812. The van der Waals surface area contributed by atoms with Crippen molar-refractivity contribution in [3.05, 3.63) is 29.3 Å². The number of rotatable bonds is 4. The van der Waals surface area contributed by atoms with Crippen molar-refractivity contribution in [3.8, 4) is 0 Å². The van der Waals surface area contributed by atoms with E-state index >= 15 is 0 Å². The summed E-state index contributed by atoms with van der Waals surface area (Å²) >= 11 is 0. The maximum atomic E-state index is 13.9. The fraction of sp³-hybridized carbons (Fsp3) is 0.571. The lowest BCUT2D eigenvalue weighted by Crippen LogP contribution is -2.25. The molecule has 1 fully saturated rings. The molecule has 0 amide bonds. The van der Waals surface area contributed by atoms with E-state index in [1.807, 2.05) is 11.9 Å². The van der Waals surface area contributed by atoms with Crippen molar-refractivity contribution in [1.29, 1.82) is 0 Å². The molecule has 0 unspecified atom stereocenters. The summed E-state index contributed by atoms with van der Waals surface area (Å²) in [5, 5.41) is 0. The van der Waals surface area contributed by atoms with E-state index < -0.39 is 11.6 Å². The molecule has 1 aliphatic rings. The Hall–Kier alpha value is -1.16. The average molecular weight is 254 g/mol. The van der Waals surface area contributed by atoms with Crippen molar-refractivity contribution < 1.29 is 8.78 Å².